The molecule has 0 spiro atoms. The average Bonchev–Trinajstić information content (AvgIpc) is 1.72. The van der Waals surface area contributed by atoms with Crippen LogP contribution in [0.5, 0.6) is 0 Å². The van der Waals surface area contributed by atoms with E-state index in [0.29, 0.717) is 11.8 Å². The van der Waals surface area contributed by atoms with Crippen LogP contribution in [0.25, 0.3) is 120 Å². The second-order valence-corrected chi connectivity index (χ2v) is 23.7. The van der Waals surface area contributed by atoms with Crippen LogP contribution in [-0.4, -0.2) is 9.13 Å². The molecule has 0 saturated carbocycles. The highest BCUT2D eigenvalue weighted by molar-refractivity contribution is 6.27. The molecule has 0 unspecified atom stereocenters. The first-order valence-electron chi connectivity index (χ1n) is 29.9. The van der Waals surface area contributed by atoms with Crippen LogP contribution in [0.1, 0.15) is 50.7 Å². The third-order valence-corrected chi connectivity index (χ3v) is 18.0. The van der Waals surface area contributed by atoms with Crippen molar-refractivity contribution in [1.29, 1.82) is 0 Å². The van der Waals surface area contributed by atoms with Crippen molar-refractivity contribution in [2.24, 2.45) is 0 Å². The molecule has 0 radical (unpaired) electrons. The summed E-state index contributed by atoms with van der Waals surface area (Å²) in [5.41, 5.74) is 19.4. The number of nitrogens with zero attached hydrogens (tertiary/aromatic N) is 4. The molecule has 0 N–H and O–H groups in total. The SMILES string of the molecule is CC(C)c1ccc(N(c2ccc3c(ccc4c5ccc6oc7c8ccc(N(c9ccc(C(C)C)cc9)c9ccc%10c(c9)c9ccccc9n%10-c9ccccc9)cc8ccc7c6c5oc34)c2)c2ccc3c(c2)c2ccccc2n3-c2ccccc2)cc1. The van der Waals surface area contributed by atoms with E-state index in [1.165, 1.54) is 54.7 Å². The monoisotopic (exact) mass is 1110 g/mol. The van der Waals surface area contributed by atoms with Crippen molar-refractivity contribution in [3.05, 3.63) is 278 Å². The molecule has 17 aromatic rings. The van der Waals surface area contributed by atoms with E-state index in [1.54, 1.807) is 0 Å². The van der Waals surface area contributed by atoms with E-state index in [0.717, 1.165) is 111 Å². The van der Waals surface area contributed by atoms with Crippen LogP contribution in [0.2, 0.25) is 0 Å². The van der Waals surface area contributed by atoms with E-state index < -0.39 is 0 Å². The Balaban J connectivity index is 0.776. The lowest BCUT2D eigenvalue weighted by atomic mass is 10.0. The number of anilines is 6. The predicted molar refractivity (Wildman–Crippen MR) is 362 cm³/mol. The maximum Gasteiger partial charge on any atom is 0.147 e. The summed E-state index contributed by atoms with van der Waals surface area (Å²) in [6.07, 6.45) is 0. The van der Waals surface area contributed by atoms with Crippen molar-refractivity contribution in [2.75, 3.05) is 9.80 Å². The Morgan fingerprint density at radius 2 is 0.663 bits per heavy atom. The molecular weight excluding hydrogens is 1050 g/mol. The van der Waals surface area contributed by atoms with Gasteiger partial charge in [-0.25, -0.2) is 0 Å². The number of rotatable bonds is 10. The first-order valence-corrected chi connectivity index (χ1v) is 29.9. The Hall–Kier alpha value is -10.8. The van der Waals surface area contributed by atoms with Gasteiger partial charge in [0.25, 0.3) is 0 Å². The van der Waals surface area contributed by atoms with E-state index >= 15 is 0 Å². The van der Waals surface area contributed by atoms with Gasteiger partial charge in [0.05, 0.1) is 27.5 Å². The van der Waals surface area contributed by atoms with Crippen molar-refractivity contribution in [1.82, 2.24) is 9.13 Å². The minimum Gasteiger partial charge on any atom is -0.455 e. The van der Waals surface area contributed by atoms with Crippen LogP contribution >= 0.6 is 0 Å². The van der Waals surface area contributed by atoms with Crippen LogP contribution in [0, 0.1) is 0 Å². The topological polar surface area (TPSA) is 42.6 Å². The first kappa shape index (κ1) is 49.8. The Morgan fingerprint density at radius 3 is 1.16 bits per heavy atom. The summed E-state index contributed by atoms with van der Waals surface area (Å²) in [6, 6.07) is 97.5. The highest BCUT2D eigenvalue weighted by atomic mass is 16.3. The van der Waals surface area contributed by atoms with Gasteiger partial charge in [-0.2, -0.15) is 0 Å². The molecule has 86 heavy (non-hydrogen) atoms. The van der Waals surface area contributed by atoms with E-state index in [4.69, 9.17) is 8.83 Å². The third kappa shape index (κ3) is 7.72. The molecule has 410 valence electrons. The molecule has 0 aliphatic carbocycles. The fourth-order valence-corrected chi connectivity index (χ4v) is 13.7. The molecule has 0 bridgehead atoms. The quantitative estimate of drug-likeness (QED) is 0.137. The fourth-order valence-electron chi connectivity index (χ4n) is 13.7. The van der Waals surface area contributed by atoms with Crippen LogP contribution in [0.15, 0.2) is 276 Å². The summed E-state index contributed by atoms with van der Waals surface area (Å²) in [5.74, 6) is 0.841. The number of para-hydroxylation sites is 4. The molecule has 0 amide bonds. The van der Waals surface area contributed by atoms with Gasteiger partial charge in [0.2, 0.25) is 0 Å². The van der Waals surface area contributed by atoms with Gasteiger partial charge in [0.1, 0.15) is 22.3 Å². The zero-order valence-corrected chi connectivity index (χ0v) is 48.2. The molecule has 0 atom stereocenters. The largest absolute Gasteiger partial charge is 0.455 e. The number of fused-ring (bicyclic) bond motifs is 17. The van der Waals surface area contributed by atoms with Gasteiger partial charge >= 0.3 is 0 Å². The highest BCUT2D eigenvalue weighted by Crippen LogP contribution is 2.47. The molecule has 13 aromatic carbocycles. The van der Waals surface area contributed by atoms with Crippen molar-refractivity contribution in [3.63, 3.8) is 0 Å². The lowest BCUT2D eigenvalue weighted by molar-refractivity contribution is 0.666. The molecule has 4 aromatic heterocycles. The van der Waals surface area contributed by atoms with Crippen LogP contribution in [-0.2, 0) is 0 Å². The molecule has 6 nitrogen and oxygen atoms in total. The average molecular weight is 1110 g/mol. The normalized spacial score (nSPS) is 12.2. The Bertz CT molecular complexity index is 5530. The molecule has 0 saturated heterocycles. The third-order valence-electron chi connectivity index (χ3n) is 18.0. The summed E-state index contributed by atoms with van der Waals surface area (Å²) < 4.78 is 18.8. The van der Waals surface area contributed by atoms with E-state index in [9.17, 15) is 0 Å². The number of hydrogen-bond donors (Lipinski definition) is 0. The van der Waals surface area contributed by atoms with E-state index in [2.05, 4.69) is 314 Å². The maximum absolute atomic E-state index is 7.16. The number of hydrogen-bond acceptors (Lipinski definition) is 4. The minimum atomic E-state index is 0.420. The molecule has 0 fully saturated rings. The lowest BCUT2D eigenvalue weighted by Gasteiger charge is -2.26. The van der Waals surface area contributed by atoms with Gasteiger partial charge < -0.3 is 27.8 Å². The predicted octanol–water partition coefficient (Wildman–Crippen LogP) is 23.2. The smallest absolute Gasteiger partial charge is 0.147 e. The maximum atomic E-state index is 7.16. The van der Waals surface area contributed by atoms with Gasteiger partial charge in [0, 0.05) is 94.0 Å². The van der Waals surface area contributed by atoms with Crippen LogP contribution in [0.3, 0.4) is 0 Å². The Labute approximate surface area is 497 Å². The van der Waals surface area contributed by atoms with Crippen molar-refractivity contribution in [2.45, 2.75) is 39.5 Å². The number of benzene rings is 13. The fraction of sp³-hybridized carbons (Fsp3) is 0.0750. The van der Waals surface area contributed by atoms with E-state index in [-0.39, 0.29) is 0 Å². The molecule has 6 heteroatoms. The van der Waals surface area contributed by atoms with Gasteiger partial charge in [0.15, 0.2) is 0 Å². The second kappa shape index (κ2) is 19.4. The summed E-state index contributed by atoms with van der Waals surface area (Å²) in [4.78, 5) is 4.78. The summed E-state index contributed by atoms with van der Waals surface area (Å²) in [5, 5.41) is 13.3. The Kier molecular flexibility index (Phi) is 11.2. The molecular formula is C80H58N4O2. The molecule has 0 aliphatic rings. The number of aromatic nitrogens is 2. The van der Waals surface area contributed by atoms with Gasteiger partial charge in [-0.1, -0.05) is 137 Å². The summed E-state index contributed by atoms with van der Waals surface area (Å²) >= 11 is 0. The zero-order chi connectivity index (χ0) is 57.3. The lowest BCUT2D eigenvalue weighted by Crippen LogP contribution is -2.10. The summed E-state index contributed by atoms with van der Waals surface area (Å²) in [7, 11) is 0. The molecule has 0 aliphatic heterocycles. The van der Waals surface area contributed by atoms with Gasteiger partial charge in [-0.3, -0.25) is 0 Å². The summed E-state index contributed by atoms with van der Waals surface area (Å²) in [6.45, 7) is 9.00. The van der Waals surface area contributed by atoms with Gasteiger partial charge in [-0.05, 0) is 191 Å². The standard InChI is InChI=1S/C80H58N4O2/c1-49(2)51-23-29-57(30-24-51)81(61-35-42-74-70(47-61)65-19-11-13-21-72(65)83(74)55-15-7-5-8-16-55)59-33-39-63-53(45-59)27-37-67-68-41-44-76-77(80(68)86-78(63)67)69-38-28-54-46-60(34-40-64(54)79(69)85-76)82(58-31-25-52(26-32-58)50(3)4)62-36-43-75-71(48-62)66-20-12-14-22-73(66)84(75)56-17-9-6-10-18-56/h5-50H,1-4H3. The zero-order valence-electron chi connectivity index (χ0n) is 48.2. The van der Waals surface area contributed by atoms with Crippen molar-refractivity contribution >= 4 is 143 Å². The highest BCUT2D eigenvalue weighted by Gasteiger charge is 2.24. The number of furan rings is 2. The first-order chi connectivity index (χ1) is 42.3. The van der Waals surface area contributed by atoms with Gasteiger partial charge in [-0.15, -0.1) is 0 Å². The molecule has 4 heterocycles. The van der Waals surface area contributed by atoms with Crippen molar-refractivity contribution in [3.8, 4) is 11.4 Å². The Morgan fingerprint density at radius 1 is 0.279 bits per heavy atom. The van der Waals surface area contributed by atoms with Crippen molar-refractivity contribution < 1.29 is 8.83 Å². The molecule has 17 rings (SSSR count). The van der Waals surface area contributed by atoms with E-state index in [1.807, 2.05) is 0 Å². The second-order valence-electron chi connectivity index (χ2n) is 23.7. The van der Waals surface area contributed by atoms with Crippen LogP contribution in [0.4, 0.5) is 34.1 Å². The van der Waals surface area contributed by atoms with Crippen LogP contribution < -0.4 is 9.80 Å². The minimum absolute atomic E-state index is 0.420.